The zero-order chi connectivity index (χ0) is 9.78. The molecule has 1 unspecified atom stereocenters. The van der Waals surface area contributed by atoms with E-state index < -0.39 is 18.2 Å². The first-order valence-electron chi connectivity index (χ1n) is 3.96. The maximum atomic E-state index is 9.22. The van der Waals surface area contributed by atoms with Crippen molar-refractivity contribution in [3.05, 3.63) is 0 Å². The van der Waals surface area contributed by atoms with Gasteiger partial charge in [0.05, 0.1) is 6.10 Å². The summed E-state index contributed by atoms with van der Waals surface area (Å²) in [5.74, 6) is -0.811. The van der Waals surface area contributed by atoms with Gasteiger partial charge in [-0.05, 0) is 20.8 Å². The van der Waals surface area contributed by atoms with E-state index in [-0.39, 0.29) is 6.42 Å². The van der Waals surface area contributed by atoms with Gasteiger partial charge in [-0.15, -0.1) is 0 Å². The van der Waals surface area contributed by atoms with Gasteiger partial charge >= 0.3 is 0 Å². The molecular formula is C8H18O4. The molecule has 2 N–H and O–H groups in total. The first-order chi connectivity index (χ1) is 5.37. The molecule has 0 aromatic rings. The highest BCUT2D eigenvalue weighted by molar-refractivity contribution is 4.56. The Kier molecular flexibility index (Phi) is 4.70. The fourth-order valence-corrected chi connectivity index (χ4v) is 0.716. The predicted molar refractivity (Wildman–Crippen MR) is 44.5 cm³/mol. The zero-order valence-electron chi connectivity index (χ0n) is 8.07. The molecule has 0 aliphatic heterocycles. The van der Waals surface area contributed by atoms with Gasteiger partial charge in [0.25, 0.3) is 0 Å². The molecule has 0 saturated carbocycles. The molecule has 74 valence electrons. The van der Waals surface area contributed by atoms with Gasteiger partial charge in [-0.2, -0.15) is 0 Å². The van der Waals surface area contributed by atoms with Crippen LogP contribution in [-0.4, -0.2) is 35.5 Å². The van der Waals surface area contributed by atoms with Crippen LogP contribution in [0.2, 0.25) is 0 Å². The molecule has 0 saturated heterocycles. The van der Waals surface area contributed by atoms with E-state index in [4.69, 9.17) is 14.6 Å². The van der Waals surface area contributed by atoms with Crippen molar-refractivity contribution in [3.63, 3.8) is 0 Å². The Hall–Kier alpha value is -0.160. The third-order valence-electron chi connectivity index (χ3n) is 1.45. The highest BCUT2D eigenvalue weighted by Crippen LogP contribution is 2.13. The molecule has 2 atom stereocenters. The van der Waals surface area contributed by atoms with Gasteiger partial charge in [0.1, 0.15) is 0 Å². The minimum absolute atomic E-state index is 0.187. The number of rotatable bonds is 5. The fraction of sp³-hybridized carbons (Fsp3) is 1.00. The zero-order valence-corrected chi connectivity index (χ0v) is 8.07. The fourth-order valence-electron chi connectivity index (χ4n) is 0.716. The number of methoxy groups -OCH3 is 1. The Bertz CT molecular complexity index is 122. The van der Waals surface area contributed by atoms with E-state index in [2.05, 4.69) is 0 Å². The summed E-state index contributed by atoms with van der Waals surface area (Å²) in [6.45, 7) is 4.98. The largest absolute Gasteiger partial charge is 0.393 e. The van der Waals surface area contributed by atoms with Crippen LogP contribution < -0.4 is 0 Å². The summed E-state index contributed by atoms with van der Waals surface area (Å²) in [5, 5.41) is 18.1. The van der Waals surface area contributed by atoms with Crippen LogP contribution in [0.1, 0.15) is 27.2 Å². The molecular weight excluding hydrogens is 160 g/mol. The third-order valence-corrected chi connectivity index (χ3v) is 1.45. The minimum atomic E-state index is -0.986. The molecule has 0 bridgehead atoms. The van der Waals surface area contributed by atoms with Gasteiger partial charge in [-0.3, -0.25) is 0 Å². The van der Waals surface area contributed by atoms with Crippen molar-refractivity contribution in [2.75, 3.05) is 7.11 Å². The second kappa shape index (κ2) is 4.77. The smallest absolute Gasteiger partial charge is 0.165 e. The quantitative estimate of drug-likeness (QED) is 0.601. The third kappa shape index (κ3) is 5.49. The minimum Gasteiger partial charge on any atom is -0.393 e. The second-order valence-corrected chi connectivity index (χ2v) is 3.26. The summed E-state index contributed by atoms with van der Waals surface area (Å²) in [4.78, 5) is 0. The van der Waals surface area contributed by atoms with E-state index >= 15 is 0 Å². The number of hydrogen-bond donors (Lipinski definition) is 2. The Morgan fingerprint density at radius 1 is 1.33 bits per heavy atom. The Morgan fingerprint density at radius 3 is 2.17 bits per heavy atom. The van der Waals surface area contributed by atoms with Crippen molar-refractivity contribution in [3.8, 4) is 0 Å². The van der Waals surface area contributed by atoms with Crippen LogP contribution in [0.15, 0.2) is 0 Å². The van der Waals surface area contributed by atoms with Gasteiger partial charge in [0.2, 0.25) is 0 Å². The van der Waals surface area contributed by atoms with E-state index in [1.54, 1.807) is 20.8 Å². The van der Waals surface area contributed by atoms with Gasteiger partial charge in [0.15, 0.2) is 12.1 Å². The standard InChI is InChI=1S/C8H18O4/c1-6(9)5-7(10)12-8(2,3)11-4/h6-7,9-10H,5H2,1-4H3/t6?,7-/m1/s1. The van der Waals surface area contributed by atoms with Crippen molar-refractivity contribution < 1.29 is 19.7 Å². The summed E-state index contributed by atoms with van der Waals surface area (Å²) in [6.07, 6.45) is -1.38. The lowest BCUT2D eigenvalue weighted by Crippen LogP contribution is -2.33. The van der Waals surface area contributed by atoms with Gasteiger partial charge in [-0.25, -0.2) is 0 Å². The summed E-state index contributed by atoms with van der Waals surface area (Å²) >= 11 is 0. The highest BCUT2D eigenvalue weighted by Gasteiger charge is 2.22. The topological polar surface area (TPSA) is 58.9 Å². The van der Waals surface area contributed by atoms with Crippen molar-refractivity contribution in [2.24, 2.45) is 0 Å². The van der Waals surface area contributed by atoms with Crippen molar-refractivity contribution in [1.82, 2.24) is 0 Å². The molecule has 4 heteroatoms. The molecule has 0 spiro atoms. The second-order valence-electron chi connectivity index (χ2n) is 3.26. The molecule has 0 heterocycles. The lowest BCUT2D eigenvalue weighted by molar-refractivity contribution is -0.276. The SMILES string of the molecule is COC(C)(C)O[C@@H](O)CC(C)O. The molecule has 0 fully saturated rings. The summed E-state index contributed by atoms with van der Waals surface area (Å²) in [7, 11) is 1.50. The van der Waals surface area contributed by atoms with E-state index in [1.165, 1.54) is 7.11 Å². The van der Waals surface area contributed by atoms with Crippen LogP contribution >= 0.6 is 0 Å². The van der Waals surface area contributed by atoms with E-state index in [9.17, 15) is 5.11 Å². The van der Waals surface area contributed by atoms with E-state index in [1.807, 2.05) is 0 Å². The number of ether oxygens (including phenoxy) is 2. The monoisotopic (exact) mass is 178 g/mol. The lowest BCUT2D eigenvalue weighted by atomic mass is 10.3. The van der Waals surface area contributed by atoms with Gasteiger partial charge in [-0.1, -0.05) is 0 Å². The first-order valence-corrected chi connectivity index (χ1v) is 3.96. The van der Waals surface area contributed by atoms with Crippen LogP contribution in [0.3, 0.4) is 0 Å². The summed E-state index contributed by atoms with van der Waals surface area (Å²) in [5.41, 5.74) is 0. The van der Waals surface area contributed by atoms with Crippen LogP contribution in [0.4, 0.5) is 0 Å². The Morgan fingerprint density at radius 2 is 1.83 bits per heavy atom. The maximum absolute atomic E-state index is 9.22. The maximum Gasteiger partial charge on any atom is 0.165 e. The molecule has 12 heavy (non-hydrogen) atoms. The van der Waals surface area contributed by atoms with Gasteiger partial charge in [0, 0.05) is 13.5 Å². The first kappa shape index (κ1) is 11.8. The molecule has 4 nitrogen and oxygen atoms in total. The van der Waals surface area contributed by atoms with Crippen LogP contribution in [0.5, 0.6) is 0 Å². The molecule has 0 radical (unpaired) electrons. The number of aliphatic hydroxyl groups is 2. The average Bonchev–Trinajstić information content (AvgIpc) is 1.84. The van der Waals surface area contributed by atoms with Crippen LogP contribution in [0.25, 0.3) is 0 Å². The van der Waals surface area contributed by atoms with Crippen LogP contribution in [-0.2, 0) is 9.47 Å². The molecule has 0 amide bonds. The Balaban J connectivity index is 3.75. The lowest BCUT2D eigenvalue weighted by Gasteiger charge is -2.27. The van der Waals surface area contributed by atoms with Crippen molar-refractivity contribution in [1.29, 1.82) is 0 Å². The van der Waals surface area contributed by atoms with Crippen LogP contribution in [0, 0.1) is 0 Å². The van der Waals surface area contributed by atoms with Crippen molar-refractivity contribution >= 4 is 0 Å². The summed E-state index contributed by atoms with van der Waals surface area (Å²) < 4.78 is 10.00. The Labute approximate surface area is 73.1 Å². The molecule has 0 aromatic heterocycles. The number of hydrogen-bond acceptors (Lipinski definition) is 4. The van der Waals surface area contributed by atoms with E-state index in [0.29, 0.717) is 0 Å². The number of aliphatic hydroxyl groups excluding tert-OH is 2. The summed E-state index contributed by atoms with van der Waals surface area (Å²) in [6, 6.07) is 0. The predicted octanol–water partition coefficient (Wildman–Crippen LogP) is 0.475. The molecule has 0 aromatic carbocycles. The molecule has 0 rings (SSSR count). The highest BCUT2D eigenvalue weighted by atomic mass is 16.7. The van der Waals surface area contributed by atoms with Crippen molar-refractivity contribution in [2.45, 2.75) is 45.4 Å². The van der Waals surface area contributed by atoms with E-state index in [0.717, 1.165) is 0 Å². The average molecular weight is 178 g/mol. The normalized spacial score (nSPS) is 17.5. The molecule has 0 aliphatic carbocycles. The van der Waals surface area contributed by atoms with Gasteiger partial charge < -0.3 is 19.7 Å². The molecule has 0 aliphatic rings.